The van der Waals surface area contributed by atoms with Crippen molar-refractivity contribution in [3.63, 3.8) is 0 Å². The van der Waals surface area contributed by atoms with Crippen molar-refractivity contribution in [3.05, 3.63) is 45.1 Å². The van der Waals surface area contributed by atoms with Gasteiger partial charge in [-0.3, -0.25) is 0 Å². The van der Waals surface area contributed by atoms with E-state index in [9.17, 15) is 0 Å². The van der Waals surface area contributed by atoms with E-state index in [-0.39, 0.29) is 0 Å². The number of thiophene rings is 3. The third kappa shape index (κ3) is 3.62. The highest BCUT2D eigenvalue weighted by Gasteiger charge is 2.15. The molecule has 3 aromatic rings. The molecule has 0 atom stereocenters. The summed E-state index contributed by atoms with van der Waals surface area (Å²) in [4.78, 5) is 8.72. The van der Waals surface area contributed by atoms with E-state index in [1.165, 1.54) is 66.1 Å². The number of rotatable bonds is 6. The Morgan fingerprint density at radius 1 is 0.696 bits per heavy atom. The van der Waals surface area contributed by atoms with Crippen LogP contribution in [0.25, 0.3) is 19.5 Å². The predicted octanol–water partition coefficient (Wildman–Crippen LogP) is 7.73. The molecule has 0 saturated carbocycles. The summed E-state index contributed by atoms with van der Waals surface area (Å²) in [5.41, 5.74) is 3.05. The first kappa shape index (κ1) is 16.9. The van der Waals surface area contributed by atoms with E-state index < -0.39 is 0 Å². The van der Waals surface area contributed by atoms with Crippen LogP contribution in [0.4, 0.5) is 0 Å². The molecule has 0 aliphatic heterocycles. The fraction of sp³-hybridized carbons (Fsp3) is 0.400. The van der Waals surface area contributed by atoms with Crippen molar-refractivity contribution < 1.29 is 0 Å². The van der Waals surface area contributed by atoms with Crippen molar-refractivity contribution in [1.82, 2.24) is 0 Å². The Labute approximate surface area is 151 Å². The van der Waals surface area contributed by atoms with Crippen LogP contribution in [0, 0.1) is 13.8 Å². The van der Waals surface area contributed by atoms with Gasteiger partial charge in [0.05, 0.1) is 0 Å². The van der Waals surface area contributed by atoms with Crippen LogP contribution in [0.15, 0.2) is 24.3 Å². The van der Waals surface area contributed by atoms with Gasteiger partial charge in [0.1, 0.15) is 0 Å². The number of hydrogen-bond acceptors (Lipinski definition) is 3. The summed E-state index contributed by atoms with van der Waals surface area (Å²) in [6.07, 6.45) is 4.80. The van der Waals surface area contributed by atoms with Gasteiger partial charge in [-0.05, 0) is 62.1 Å². The highest BCUT2D eigenvalue weighted by Crippen LogP contribution is 2.43. The zero-order valence-electron chi connectivity index (χ0n) is 14.4. The third-order valence-electron chi connectivity index (χ3n) is 3.96. The molecule has 0 aromatic carbocycles. The molecule has 0 aliphatic rings. The fourth-order valence-electron chi connectivity index (χ4n) is 3.04. The van der Waals surface area contributed by atoms with Gasteiger partial charge in [-0.15, -0.1) is 34.0 Å². The van der Waals surface area contributed by atoms with Crippen LogP contribution in [-0.4, -0.2) is 0 Å². The SMILES string of the molecule is CCCc1cc(C)sc1-c1ccc(-c2sc(C)cc2CCC)s1. The number of aryl methyl sites for hydroxylation is 4. The summed E-state index contributed by atoms with van der Waals surface area (Å²) in [6, 6.07) is 9.41. The summed E-state index contributed by atoms with van der Waals surface area (Å²) in [5, 5.41) is 0. The van der Waals surface area contributed by atoms with Gasteiger partial charge in [0, 0.05) is 29.3 Å². The van der Waals surface area contributed by atoms with Crippen molar-refractivity contribution >= 4 is 34.0 Å². The molecule has 23 heavy (non-hydrogen) atoms. The Balaban J connectivity index is 1.98. The average molecular weight is 361 g/mol. The molecule has 3 heteroatoms. The normalized spacial score (nSPS) is 11.3. The molecule has 3 heterocycles. The molecule has 0 amide bonds. The molecule has 0 N–H and O–H groups in total. The largest absolute Gasteiger partial charge is 0.139 e. The van der Waals surface area contributed by atoms with Gasteiger partial charge in [0.25, 0.3) is 0 Å². The standard InChI is InChI=1S/C20H24S3/c1-5-7-15-11-13(3)21-19(15)17-9-10-18(23-17)20-16(8-6-2)12-14(4)22-20/h9-12H,5-8H2,1-4H3. The molecular formula is C20H24S3. The first-order valence-electron chi connectivity index (χ1n) is 8.41. The van der Waals surface area contributed by atoms with E-state index in [1.807, 2.05) is 34.0 Å². The van der Waals surface area contributed by atoms with Crippen LogP contribution in [0.3, 0.4) is 0 Å². The van der Waals surface area contributed by atoms with E-state index in [0.29, 0.717) is 0 Å². The quantitative estimate of drug-likeness (QED) is 0.422. The molecule has 122 valence electrons. The highest BCUT2D eigenvalue weighted by molar-refractivity contribution is 7.26. The van der Waals surface area contributed by atoms with Gasteiger partial charge in [-0.1, -0.05) is 26.7 Å². The maximum atomic E-state index is 2.38. The minimum atomic E-state index is 1.19. The van der Waals surface area contributed by atoms with Crippen LogP contribution in [0.5, 0.6) is 0 Å². The Morgan fingerprint density at radius 3 is 1.52 bits per heavy atom. The smallest absolute Gasteiger partial charge is 0.0477 e. The van der Waals surface area contributed by atoms with Gasteiger partial charge < -0.3 is 0 Å². The molecule has 0 fully saturated rings. The minimum absolute atomic E-state index is 1.19. The Kier molecular flexibility index (Phi) is 5.40. The molecule has 0 nitrogen and oxygen atoms in total. The molecule has 0 saturated heterocycles. The first-order valence-corrected chi connectivity index (χ1v) is 10.9. The zero-order valence-corrected chi connectivity index (χ0v) is 16.8. The Bertz CT molecular complexity index is 721. The van der Waals surface area contributed by atoms with E-state index in [1.54, 1.807) is 0 Å². The summed E-state index contributed by atoms with van der Waals surface area (Å²) < 4.78 is 0. The molecular weight excluding hydrogens is 336 g/mol. The summed E-state index contributed by atoms with van der Waals surface area (Å²) in [5.74, 6) is 0. The molecule has 3 rings (SSSR count). The molecule has 0 bridgehead atoms. The van der Waals surface area contributed by atoms with E-state index >= 15 is 0 Å². The lowest BCUT2D eigenvalue weighted by Gasteiger charge is -2.00. The molecule has 0 spiro atoms. The lowest BCUT2D eigenvalue weighted by molar-refractivity contribution is 0.927. The van der Waals surface area contributed by atoms with Crippen LogP contribution in [0.1, 0.15) is 47.6 Å². The van der Waals surface area contributed by atoms with Crippen molar-refractivity contribution in [2.75, 3.05) is 0 Å². The van der Waals surface area contributed by atoms with Crippen molar-refractivity contribution in [2.24, 2.45) is 0 Å². The second-order valence-corrected chi connectivity index (χ2v) is 9.68. The predicted molar refractivity (Wildman–Crippen MR) is 108 cm³/mol. The monoisotopic (exact) mass is 360 g/mol. The summed E-state index contributed by atoms with van der Waals surface area (Å²) in [6.45, 7) is 8.98. The van der Waals surface area contributed by atoms with Crippen LogP contribution in [0.2, 0.25) is 0 Å². The molecule has 0 radical (unpaired) electrons. The van der Waals surface area contributed by atoms with Crippen molar-refractivity contribution in [3.8, 4) is 19.5 Å². The molecule has 3 aromatic heterocycles. The minimum Gasteiger partial charge on any atom is -0.139 e. The zero-order chi connectivity index (χ0) is 16.4. The van der Waals surface area contributed by atoms with E-state index in [4.69, 9.17) is 0 Å². The van der Waals surface area contributed by atoms with E-state index in [2.05, 4.69) is 52.0 Å². The second-order valence-electron chi connectivity index (χ2n) is 6.09. The van der Waals surface area contributed by atoms with Gasteiger partial charge in [-0.2, -0.15) is 0 Å². The Hall–Kier alpha value is -0.900. The molecule has 0 aliphatic carbocycles. The first-order chi connectivity index (χ1) is 11.1. The van der Waals surface area contributed by atoms with Gasteiger partial charge in [0.15, 0.2) is 0 Å². The second kappa shape index (κ2) is 7.33. The summed E-state index contributed by atoms with van der Waals surface area (Å²) >= 11 is 5.87. The molecule has 0 unspecified atom stereocenters. The fourth-order valence-corrected chi connectivity index (χ4v) is 6.47. The van der Waals surface area contributed by atoms with Gasteiger partial charge in [-0.25, -0.2) is 0 Å². The topological polar surface area (TPSA) is 0 Å². The summed E-state index contributed by atoms with van der Waals surface area (Å²) in [7, 11) is 0. The van der Waals surface area contributed by atoms with E-state index in [0.717, 1.165) is 0 Å². The van der Waals surface area contributed by atoms with Crippen molar-refractivity contribution in [2.45, 2.75) is 53.4 Å². The maximum Gasteiger partial charge on any atom is 0.0477 e. The lowest BCUT2D eigenvalue weighted by atomic mass is 10.1. The third-order valence-corrected chi connectivity index (χ3v) is 7.59. The Morgan fingerprint density at radius 2 is 1.13 bits per heavy atom. The number of hydrogen-bond donors (Lipinski definition) is 0. The van der Waals surface area contributed by atoms with Crippen LogP contribution >= 0.6 is 34.0 Å². The van der Waals surface area contributed by atoms with Crippen molar-refractivity contribution in [1.29, 1.82) is 0 Å². The maximum absolute atomic E-state index is 2.38. The van der Waals surface area contributed by atoms with Gasteiger partial charge >= 0.3 is 0 Å². The highest BCUT2D eigenvalue weighted by atomic mass is 32.1. The average Bonchev–Trinajstić information content (AvgIpc) is 3.19. The van der Waals surface area contributed by atoms with Crippen LogP contribution in [-0.2, 0) is 12.8 Å². The van der Waals surface area contributed by atoms with Gasteiger partial charge in [0.2, 0.25) is 0 Å². The lowest BCUT2D eigenvalue weighted by Crippen LogP contribution is -1.81. The van der Waals surface area contributed by atoms with Crippen LogP contribution < -0.4 is 0 Å².